The molecular weight excluding hydrogens is 509 g/mol. The minimum absolute atomic E-state index is 0.0276. The second-order valence-electron chi connectivity index (χ2n) is 7.70. The fourth-order valence-electron chi connectivity index (χ4n) is 3.54. The molecule has 1 saturated heterocycles. The number of amides is 1. The van der Waals surface area contributed by atoms with Crippen molar-refractivity contribution in [3.8, 4) is 0 Å². The summed E-state index contributed by atoms with van der Waals surface area (Å²) >= 11 is 18.6. The Morgan fingerprint density at radius 2 is 1.82 bits per heavy atom. The van der Waals surface area contributed by atoms with Gasteiger partial charge in [0.2, 0.25) is 0 Å². The Morgan fingerprint density at radius 3 is 2.45 bits per heavy atom. The van der Waals surface area contributed by atoms with Gasteiger partial charge in [-0.3, -0.25) is 4.79 Å². The Labute approximate surface area is 212 Å². The summed E-state index contributed by atoms with van der Waals surface area (Å²) in [4.78, 5) is 12.0. The van der Waals surface area contributed by atoms with E-state index in [0.717, 1.165) is 11.1 Å². The van der Waals surface area contributed by atoms with Gasteiger partial charge in [0.15, 0.2) is 6.29 Å². The zero-order chi connectivity index (χ0) is 24.0. The second-order valence-corrected chi connectivity index (χ2v) is 11.1. The maximum atomic E-state index is 12.0. The molecule has 0 saturated carbocycles. The summed E-state index contributed by atoms with van der Waals surface area (Å²) in [6.45, 7) is 2.14. The molecule has 0 spiro atoms. The van der Waals surface area contributed by atoms with Crippen molar-refractivity contribution in [2.75, 3.05) is 23.4 Å². The molecule has 4 atom stereocenters. The highest BCUT2D eigenvalue weighted by molar-refractivity contribution is 7.99. The summed E-state index contributed by atoms with van der Waals surface area (Å²) in [5.74, 6) is 0.590. The highest BCUT2D eigenvalue weighted by Crippen LogP contribution is 2.42. The van der Waals surface area contributed by atoms with E-state index in [4.69, 9.17) is 49.4 Å². The maximum absolute atomic E-state index is 12.0. The first kappa shape index (κ1) is 26.6. The van der Waals surface area contributed by atoms with Crippen LogP contribution in [0.1, 0.15) is 36.0 Å². The maximum Gasteiger partial charge on any atom is 0.276 e. The molecule has 180 valence electrons. The van der Waals surface area contributed by atoms with Crippen LogP contribution in [0.2, 0.25) is 0 Å². The molecule has 1 aliphatic heterocycles. The van der Waals surface area contributed by atoms with Gasteiger partial charge in [-0.15, -0.1) is 0 Å². The fourth-order valence-corrected chi connectivity index (χ4v) is 4.59. The van der Waals surface area contributed by atoms with Crippen molar-refractivity contribution < 1.29 is 24.5 Å². The van der Waals surface area contributed by atoms with E-state index in [9.17, 15) is 9.90 Å². The number of halogens is 3. The predicted molar refractivity (Wildman–Crippen MR) is 133 cm³/mol. The third-order valence-electron chi connectivity index (χ3n) is 5.32. The minimum Gasteiger partial charge on any atom is -0.396 e. The average Bonchev–Trinajstić information content (AvgIpc) is 2.80. The number of thioether (sulfide) groups is 1. The summed E-state index contributed by atoms with van der Waals surface area (Å²) in [6, 6.07) is 14.7. The molecule has 0 aliphatic carbocycles. The number of hydrogen-bond donors (Lipinski definition) is 3. The van der Waals surface area contributed by atoms with Crippen LogP contribution in [0.5, 0.6) is 0 Å². The molecule has 1 aliphatic rings. The molecule has 10 heteroatoms. The largest absolute Gasteiger partial charge is 0.396 e. The van der Waals surface area contributed by atoms with Crippen molar-refractivity contribution in [2.45, 2.75) is 35.8 Å². The standard InChI is InChI=1S/C23H26Cl3NO5S/c1-14-19(13-33-10-9-28)31-21(32-20(14)16-7-5-15(12-29)6-8-16)17-3-2-4-18(11-17)27-22(30)23(24,25)26/h2-8,11,14,19-21,28-29H,9-10,12-13H2,1H3,(H,27,30)/t14-,19+,20+,21+/m1/s1. The summed E-state index contributed by atoms with van der Waals surface area (Å²) in [5.41, 5.74) is 2.95. The first-order chi connectivity index (χ1) is 15.7. The molecule has 0 radical (unpaired) electrons. The molecule has 3 rings (SSSR count). The monoisotopic (exact) mass is 533 g/mol. The van der Waals surface area contributed by atoms with E-state index < -0.39 is 16.0 Å². The average molecular weight is 535 g/mol. The lowest BCUT2D eigenvalue weighted by Crippen LogP contribution is -2.38. The van der Waals surface area contributed by atoms with E-state index in [1.165, 1.54) is 0 Å². The lowest BCUT2D eigenvalue weighted by molar-refractivity contribution is -0.268. The Bertz CT molecular complexity index is 925. The van der Waals surface area contributed by atoms with Gasteiger partial charge in [-0.2, -0.15) is 11.8 Å². The lowest BCUT2D eigenvalue weighted by atomic mass is 9.91. The summed E-state index contributed by atoms with van der Waals surface area (Å²) in [6.07, 6.45) is -1.08. The van der Waals surface area contributed by atoms with Crippen LogP contribution in [0.4, 0.5) is 5.69 Å². The normalized spacial score (nSPS) is 23.3. The summed E-state index contributed by atoms with van der Waals surface area (Å²) in [5, 5.41) is 21.1. The van der Waals surface area contributed by atoms with E-state index in [1.54, 1.807) is 30.0 Å². The second kappa shape index (κ2) is 12.1. The topological polar surface area (TPSA) is 88.0 Å². The number of carbonyl (C=O) groups is 1. The highest BCUT2D eigenvalue weighted by Gasteiger charge is 2.38. The van der Waals surface area contributed by atoms with Gasteiger partial charge in [-0.05, 0) is 23.3 Å². The number of rotatable bonds is 8. The third-order valence-corrected chi connectivity index (χ3v) is 6.87. The molecule has 2 aromatic carbocycles. The molecule has 0 unspecified atom stereocenters. The van der Waals surface area contributed by atoms with Crippen molar-refractivity contribution in [1.29, 1.82) is 0 Å². The zero-order valence-electron chi connectivity index (χ0n) is 17.9. The van der Waals surface area contributed by atoms with Gasteiger partial charge < -0.3 is 25.0 Å². The third kappa shape index (κ3) is 7.23. The number of alkyl halides is 3. The number of benzene rings is 2. The van der Waals surface area contributed by atoms with Crippen LogP contribution in [0, 0.1) is 5.92 Å². The van der Waals surface area contributed by atoms with Crippen molar-refractivity contribution in [2.24, 2.45) is 5.92 Å². The van der Waals surface area contributed by atoms with Crippen molar-refractivity contribution >= 4 is 58.2 Å². The van der Waals surface area contributed by atoms with E-state index >= 15 is 0 Å². The van der Waals surface area contributed by atoms with Crippen molar-refractivity contribution in [3.63, 3.8) is 0 Å². The number of anilines is 1. The molecule has 33 heavy (non-hydrogen) atoms. The van der Waals surface area contributed by atoms with Gasteiger partial charge in [0.25, 0.3) is 9.70 Å². The molecule has 3 N–H and O–H groups in total. The molecule has 1 heterocycles. The predicted octanol–water partition coefficient (Wildman–Crippen LogP) is 5.00. The van der Waals surface area contributed by atoms with Crippen LogP contribution >= 0.6 is 46.6 Å². The SMILES string of the molecule is C[C@@H]1[C@H](CSCCO)O[C@H](c2cccc(NC(=O)C(Cl)(Cl)Cl)c2)O[C@@H]1c1ccc(CO)cc1. The smallest absolute Gasteiger partial charge is 0.276 e. The number of hydrogen-bond acceptors (Lipinski definition) is 6. The Morgan fingerprint density at radius 1 is 1.09 bits per heavy atom. The van der Waals surface area contributed by atoms with E-state index in [1.807, 2.05) is 30.3 Å². The first-order valence-electron chi connectivity index (χ1n) is 10.4. The van der Waals surface area contributed by atoms with Crippen LogP contribution in [0.15, 0.2) is 48.5 Å². The van der Waals surface area contributed by atoms with Crippen molar-refractivity contribution in [3.05, 3.63) is 65.2 Å². The van der Waals surface area contributed by atoms with E-state index in [2.05, 4.69) is 12.2 Å². The molecule has 2 aromatic rings. The zero-order valence-corrected chi connectivity index (χ0v) is 21.0. The van der Waals surface area contributed by atoms with Crippen LogP contribution in [0.25, 0.3) is 0 Å². The first-order valence-corrected chi connectivity index (χ1v) is 12.7. The fraction of sp³-hybridized carbons (Fsp3) is 0.435. The van der Waals surface area contributed by atoms with Gasteiger partial charge in [-0.1, -0.05) is 78.1 Å². The molecule has 1 fully saturated rings. The van der Waals surface area contributed by atoms with Crippen molar-refractivity contribution in [1.82, 2.24) is 0 Å². The lowest BCUT2D eigenvalue weighted by Gasteiger charge is -2.41. The molecule has 6 nitrogen and oxygen atoms in total. The number of carbonyl (C=O) groups excluding carboxylic acids is 1. The minimum atomic E-state index is -2.08. The molecule has 1 amide bonds. The highest BCUT2D eigenvalue weighted by atomic mass is 35.6. The van der Waals surface area contributed by atoms with Crippen LogP contribution < -0.4 is 5.32 Å². The number of aliphatic hydroxyl groups excluding tert-OH is 2. The van der Waals surface area contributed by atoms with Crippen LogP contribution in [0.3, 0.4) is 0 Å². The Hall–Kier alpha value is -1.03. The molecule has 0 bridgehead atoms. The summed E-state index contributed by atoms with van der Waals surface area (Å²) in [7, 11) is 0. The van der Waals surface area contributed by atoms with E-state index in [0.29, 0.717) is 22.8 Å². The number of nitrogens with one attached hydrogen (secondary N) is 1. The molecular formula is C23H26Cl3NO5S. The van der Waals surface area contributed by atoms with Crippen LogP contribution in [-0.2, 0) is 20.9 Å². The Balaban J connectivity index is 1.85. The van der Waals surface area contributed by atoms with Gasteiger partial charge in [0, 0.05) is 28.7 Å². The van der Waals surface area contributed by atoms with Crippen LogP contribution in [-0.4, -0.2) is 44.1 Å². The van der Waals surface area contributed by atoms with E-state index in [-0.39, 0.29) is 31.3 Å². The number of ether oxygens (including phenoxy) is 2. The Kier molecular flexibility index (Phi) is 9.73. The molecule has 0 aromatic heterocycles. The van der Waals surface area contributed by atoms with Gasteiger partial charge >= 0.3 is 0 Å². The number of aliphatic hydroxyl groups is 2. The van der Waals surface area contributed by atoms with Gasteiger partial charge in [0.05, 0.1) is 25.4 Å². The van der Waals surface area contributed by atoms with Gasteiger partial charge in [0.1, 0.15) is 0 Å². The van der Waals surface area contributed by atoms with Gasteiger partial charge in [-0.25, -0.2) is 0 Å². The quantitative estimate of drug-likeness (QED) is 0.326. The summed E-state index contributed by atoms with van der Waals surface area (Å²) < 4.78 is 10.6.